The summed E-state index contributed by atoms with van der Waals surface area (Å²) in [5.74, 6) is 0. The molecule has 0 aliphatic rings. The van der Waals surface area contributed by atoms with Crippen LogP contribution in [0.3, 0.4) is 0 Å². The molecule has 0 bridgehead atoms. The Labute approximate surface area is 75.4 Å². The van der Waals surface area contributed by atoms with Gasteiger partial charge in [0, 0.05) is 46.6 Å². The minimum Gasteiger partial charge on any atom is -0.260 e. The number of hydrogen-bond acceptors (Lipinski definition) is 2. The number of rotatable bonds is 0. The molecule has 0 aliphatic carbocycles. The molecule has 0 saturated heterocycles. The van der Waals surface area contributed by atoms with Crippen molar-refractivity contribution in [3.05, 3.63) is 0 Å². The average molecular weight is 263 g/mol. The van der Waals surface area contributed by atoms with Crippen LogP contribution in [0, 0.1) is 0 Å². The second-order valence-corrected chi connectivity index (χ2v) is 4.45. The van der Waals surface area contributed by atoms with Gasteiger partial charge in [0.1, 0.15) is 0 Å². The molecule has 0 atom stereocenters. The minimum atomic E-state index is -0.611. The topological polar surface area (TPSA) is 34.1 Å². The monoisotopic (exact) mass is 262 g/mol. The van der Waals surface area contributed by atoms with Crippen molar-refractivity contribution in [2.45, 2.75) is 0 Å². The summed E-state index contributed by atoms with van der Waals surface area (Å²) in [5, 5.41) is 0. The fraction of sp³-hybridized carbons (Fsp3) is 1.00. The molecule has 0 N–H and O–H groups in total. The van der Waals surface area contributed by atoms with E-state index in [1.165, 1.54) is 0 Å². The van der Waals surface area contributed by atoms with E-state index in [0.29, 0.717) is 0 Å². The fourth-order valence-electron chi connectivity index (χ4n) is 0. The molecule has 0 aromatic carbocycles. The van der Waals surface area contributed by atoms with Crippen LogP contribution in [0.2, 0.25) is 0 Å². The van der Waals surface area contributed by atoms with E-state index in [4.69, 9.17) is 0 Å². The third-order valence-electron chi connectivity index (χ3n) is 0. The summed E-state index contributed by atoms with van der Waals surface area (Å²) in [6, 6.07) is 0. The average Bonchev–Trinajstić information content (AvgIpc) is 1.25. The van der Waals surface area contributed by atoms with Gasteiger partial charge in [-0.25, -0.2) is 0 Å². The standard InChI is InChI=1S/2C2H6OS.Pd/c2*1-4(2)3;/h2*1-2H3;/q;;+2. The molecule has 0 fully saturated rings. The Morgan fingerprint density at radius 2 is 0.778 bits per heavy atom. The third kappa shape index (κ3) is 469. The van der Waals surface area contributed by atoms with Crippen LogP contribution in [0.1, 0.15) is 0 Å². The van der Waals surface area contributed by atoms with Gasteiger partial charge in [0.25, 0.3) is 0 Å². The van der Waals surface area contributed by atoms with Crippen LogP contribution in [0.4, 0.5) is 0 Å². The SMILES string of the molecule is CS(C)=O.CS(C)=O.[Pd+2]. The maximum atomic E-state index is 9.56. The van der Waals surface area contributed by atoms with Gasteiger partial charge >= 0.3 is 20.4 Å². The maximum Gasteiger partial charge on any atom is 2.00 e. The van der Waals surface area contributed by atoms with Gasteiger partial charge in [-0.3, -0.25) is 8.42 Å². The summed E-state index contributed by atoms with van der Waals surface area (Å²) < 4.78 is 19.1. The molecule has 0 rings (SSSR count). The maximum absolute atomic E-state index is 9.56. The van der Waals surface area contributed by atoms with E-state index < -0.39 is 21.6 Å². The van der Waals surface area contributed by atoms with Crippen LogP contribution < -0.4 is 0 Å². The van der Waals surface area contributed by atoms with E-state index >= 15 is 0 Å². The smallest absolute Gasteiger partial charge is 0.260 e. The molecule has 5 heteroatoms. The molecule has 60 valence electrons. The first-order chi connectivity index (χ1) is 3.46. The molecule has 0 aromatic rings. The summed E-state index contributed by atoms with van der Waals surface area (Å²) >= 11 is 0. The fourth-order valence-corrected chi connectivity index (χ4v) is 0. The van der Waals surface area contributed by atoms with Crippen molar-refractivity contribution in [3.8, 4) is 0 Å². The van der Waals surface area contributed by atoms with E-state index in [9.17, 15) is 8.42 Å². The van der Waals surface area contributed by atoms with Gasteiger partial charge in [-0.1, -0.05) is 0 Å². The Morgan fingerprint density at radius 3 is 0.778 bits per heavy atom. The zero-order valence-corrected chi connectivity index (χ0v) is 9.14. The second-order valence-electron chi connectivity index (χ2n) is 1.48. The van der Waals surface area contributed by atoms with Gasteiger partial charge in [0.15, 0.2) is 0 Å². The molecule has 0 radical (unpaired) electrons. The van der Waals surface area contributed by atoms with Crippen molar-refractivity contribution in [1.29, 1.82) is 0 Å². The van der Waals surface area contributed by atoms with Crippen molar-refractivity contribution >= 4 is 21.6 Å². The molecule has 0 aliphatic heterocycles. The van der Waals surface area contributed by atoms with Crippen molar-refractivity contribution in [2.75, 3.05) is 25.0 Å². The van der Waals surface area contributed by atoms with Crippen LogP contribution >= 0.6 is 0 Å². The summed E-state index contributed by atoms with van der Waals surface area (Å²) in [7, 11) is -1.22. The summed E-state index contributed by atoms with van der Waals surface area (Å²) in [6.07, 6.45) is 6.56. The molecule has 0 aromatic heterocycles. The van der Waals surface area contributed by atoms with E-state index in [0.717, 1.165) is 0 Å². The predicted octanol–water partition coefficient (Wildman–Crippen LogP) is -0.0131. The summed E-state index contributed by atoms with van der Waals surface area (Å²) in [4.78, 5) is 0. The Morgan fingerprint density at radius 1 is 0.778 bits per heavy atom. The van der Waals surface area contributed by atoms with Gasteiger partial charge < -0.3 is 0 Å². The summed E-state index contributed by atoms with van der Waals surface area (Å²) in [5.41, 5.74) is 0. The van der Waals surface area contributed by atoms with Crippen molar-refractivity contribution in [3.63, 3.8) is 0 Å². The molecule has 2 nitrogen and oxygen atoms in total. The van der Waals surface area contributed by atoms with Gasteiger partial charge in [-0.2, -0.15) is 0 Å². The van der Waals surface area contributed by atoms with Gasteiger partial charge in [0.2, 0.25) is 0 Å². The van der Waals surface area contributed by atoms with Gasteiger partial charge in [-0.15, -0.1) is 0 Å². The first kappa shape index (κ1) is 16.5. The van der Waals surface area contributed by atoms with E-state index in [1.807, 2.05) is 0 Å². The predicted molar refractivity (Wildman–Crippen MR) is 40.0 cm³/mol. The molecular weight excluding hydrogens is 251 g/mol. The Bertz CT molecular complexity index is 74.6. The Balaban J connectivity index is -0.0000000720. The number of hydrogen-bond donors (Lipinski definition) is 0. The molecule has 9 heavy (non-hydrogen) atoms. The van der Waals surface area contributed by atoms with Crippen molar-refractivity contribution in [1.82, 2.24) is 0 Å². The second kappa shape index (κ2) is 11.7. The van der Waals surface area contributed by atoms with Crippen LogP contribution in [0.15, 0.2) is 0 Å². The van der Waals surface area contributed by atoms with Crippen LogP contribution in [0.5, 0.6) is 0 Å². The molecule has 0 saturated carbocycles. The van der Waals surface area contributed by atoms with Crippen LogP contribution in [0.25, 0.3) is 0 Å². The van der Waals surface area contributed by atoms with Gasteiger partial charge in [0.05, 0.1) is 0 Å². The summed E-state index contributed by atoms with van der Waals surface area (Å²) in [6.45, 7) is 0. The van der Waals surface area contributed by atoms with E-state index in [1.54, 1.807) is 25.0 Å². The van der Waals surface area contributed by atoms with Crippen molar-refractivity contribution in [2.24, 2.45) is 0 Å². The normalized spacial score (nSPS) is 7.78. The van der Waals surface area contributed by atoms with Crippen LogP contribution in [-0.2, 0) is 42.0 Å². The molecule has 0 heterocycles. The minimum absolute atomic E-state index is 0. The van der Waals surface area contributed by atoms with E-state index in [2.05, 4.69) is 0 Å². The third-order valence-corrected chi connectivity index (χ3v) is 0. The first-order valence-electron chi connectivity index (χ1n) is 1.97. The van der Waals surface area contributed by atoms with Crippen molar-refractivity contribution < 1.29 is 28.8 Å². The molecular formula is C4H12O2PdS2+2. The molecule has 0 spiro atoms. The largest absolute Gasteiger partial charge is 2.00 e. The zero-order chi connectivity index (χ0) is 7.15. The molecule has 0 amide bonds. The zero-order valence-electron chi connectivity index (χ0n) is 5.95. The Kier molecular flexibility index (Phi) is 21.5. The van der Waals surface area contributed by atoms with Crippen LogP contribution in [-0.4, -0.2) is 33.4 Å². The van der Waals surface area contributed by atoms with Gasteiger partial charge in [-0.05, 0) is 0 Å². The quantitative estimate of drug-likeness (QED) is 0.576. The Hall–Kier alpha value is 0.962. The first-order valence-corrected chi connectivity index (χ1v) is 5.90. The van der Waals surface area contributed by atoms with E-state index in [-0.39, 0.29) is 20.4 Å². The molecule has 0 unspecified atom stereocenters.